The van der Waals surface area contributed by atoms with Gasteiger partial charge in [0.1, 0.15) is 18.5 Å². The van der Waals surface area contributed by atoms with Crippen LogP contribution in [-0.4, -0.2) is 60.6 Å². The maximum Gasteiger partial charge on any atom is 0.230 e. The summed E-state index contributed by atoms with van der Waals surface area (Å²) in [6.07, 6.45) is -2.89. The SMILES string of the molecule is CC(C)(C)C(=O)Nc1ncnc2c1ncn2[C@@H]1O[C@H](CO)[C@H](O)C1F. The molecule has 10 heteroatoms. The van der Waals surface area contributed by atoms with Gasteiger partial charge in [-0.3, -0.25) is 9.36 Å². The highest BCUT2D eigenvalue weighted by Crippen LogP contribution is 2.34. The Morgan fingerprint density at radius 2 is 2.12 bits per heavy atom. The molecular formula is C15H20FN5O4. The summed E-state index contributed by atoms with van der Waals surface area (Å²) < 4.78 is 21.0. The summed E-state index contributed by atoms with van der Waals surface area (Å²) in [5.74, 6) is -0.0466. The van der Waals surface area contributed by atoms with Crippen LogP contribution in [0.4, 0.5) is 10.2 Å². The third-order valence-electron chi connectivity index (χ3n) is 4.02. The first-order valence-corrected chi connectivity index (χ1v) is 7.81. The van der Waals surface area contributed by atoms with Crippen LogP contribution in [0.3, 0.4) is 0 Å². The van der Waals surface area contributed by atoms with Gasteiger partial charge in [0.05, 0.1) is 12.9 Å². The van der Waals surface area contributed by atoms with Crippen molar-refractivity contribution < 1.29 is 24.1 Å². The molecule has 9 nitrogen and oxygen atoms in total. The van der Waals surface area contributed by atoms with Crippen molar-refractivity contribution in [1.82, 2.24) is 19.5 Å². The molecule has 0 radical (unpaired) electrons. The second kappa shape index (κ2) is 6.28. The fourth-order valence-corrected chi connectivity index (χ4v) is 2.50. The summed E-state index contributed by atoms with van der Waals surface area (Å²) in [4.78, 5) is 24.4. The van der Waals surface area contributed by atoms with Gasteiger partial charge in [0.25, 0.3) is 0 Å². The van der Waals surface area contributed by atoms with Crippen LogP contribution in [0.2, 0.25) is 0 Å². The lowest BCUT2D eigenvalue weighted by Crippen LogP contribution is -2.30. The largest absolute Gasteiger partial charge is 0.394 e. The fraction of sp³-hybridized carbons (Fsp3) is 0.600. The molecule has 2 aromatic rings. The van der Waals surface area contributed by atoms with Crippen LogP contribution < -0.4 is 5.32 Å². The highest BCUT2D eigenvalue weighted by Gasteiger charge is 2.45. The minimum Gasteiger partial charge on any atom is -0.394 e. The lowest BCUT2D eigenvalue weighted by atomic mass is 9.96. The number of aliphatic hydroxyl groups is 2. The predicted octanol–water partition coefficient (Wildman–Crippen LogP) is 0.400. The van der Waals surface area contributed by atoms with Gasteiger partial charge in [-0.25, -0.2) is 19.3 Å². The lowest BCUT2D eigenvalue weighted by Gasteiger charge is -2.17. The molecule has 0 saturated carbocycles. The molecule has 1 fully saturated rings. The van der Waals surface area contributed by atoms with E-state index in [4.69, 9.17) is 9.84 Å². The van der Waals surface area contributed by atoms with E-state index in [0.29, 0.717) is 0 Å². The van der Waals surface area contributed by atoms with Gasteiger partial charge in [0.15, 0.2) is 29.4 Å². The maximum absolute atomic E-state index is 14.3. The Labute approximate surface area is 142 Å². The summed E-state index contributed by atoms with van der Waals surface area (Å²) in [7, 11) is 0. The average Bonchev–Trinajstić information content (AvgIpc) is 3.09. The Morgan fingerprint density at radius 1 is 1.40 bits per heavy atom. The minimum atomic E-state index is -1.75. The molecule has 3 rings (SSSR count). The van der Waals surface area contributed by atoms with E-state index in [9.17, 15) is 14.3 Å². The number of halogens is 1. The fourth-order valence-electron chi connectivity index (χ4n) is 2.50. The predicted molar refractivity (Wildman–Crippen MR) is 85.3 cm³/mol. The Kier molecular flexibility index (Phi) is 4.43. The summed E-state index contributed by atoms with van der Waals surface area (Å²) in [5, 5.41) is 21.6. The molecule has 0 aliphatic carbocycles. The first-order chi connectivity index (χ1) is 11.7. The van der Waals surface area contributed by atoms with Crippen molar-refractivity contribution in [2.45, 2.75) is 45.4 Å². The Hall–Kier alpha value is -2.17. The molecule has 0 bridgehead atoms. The van der Waals surface area contributed by atoms with Crippen molar-refractivity contribution in [2.24, 2.45) is 5.41 Å². The number of carbonyl (C=O) groups excluding carboxylic acids is 1. The van der Waals surface area contributed by atoms with Gasteiger partial charge >= 0.3 is 0 Å². The van der Waals surface area contributed by atoms with E-state index in [0.717, 1.165) is 0 Å². The second-order valence-electron chi connectivity index (χ2n) is 6.93. The molecular weight excluding hydrogens is 333 g/mol. The summed E-state index contributed by atoms with van der Waals surface area (Å²) in [5.41, 5.74) is -0.104. The lowest BCUT2D eigenvalue weighted by molar-refractivity contribution is -0.123. The molecule has 136 valence electrons. The van der Waals surface area contributed by atoms with E-state index in [1.165, 1.54) is 17.2 Å². The zero-order chi connectivity index (χ0) is 18.4. The number of alkyl halides is 1. The van der Waals surface area contributed by atoms with Crippen LogP contribution in [-0.2, 0) is 9.53 Å². The number of nitrogens with one attached hydrogen (secondary N) is 1. The van der Waals surface area contributed by atoms with Gasteiger partial charge in [-0.2, -0.15) is 0 Å². The number of carbonyl (C=O) groups is 1. The summed E-state index contributed by atoms with van der Waals surface area (Å²) >= 11 is 0. The number of rotatable bonds is 3. The van der Waals surface area contributed by atoms with Crippen molar-refractivity contribution >= 4 is 22.9 Å². The standard InChI is InChI=1S/C15H20FN5O4/c1-15(2,3)14(24)20-11-9-12(18-5-17-11)21(6-19-9)13-8(16)10(23)7(4-22)25-13/h5-8,10,13,22-23H,4H2,1-3H3,(H,17,18,20,24)/t7-,8?,10+,13-/m1/s1. The average molecular weight is 353 g/mol. The number of anilines is 1. The number of fused-ring (bicyclic) bond motifs is 1. The molecule has 1 saturated heterocycles. The van der Waals surface area contributed by atoms with E-state index in [1.807, 2.05) is 0 Å². The number of hydrogen-bond donors (Lipinski definition) is 3. The molecule has 0 spiro atoms. The number of aromatic nitrogens is 4. The van der Waals surface area contributed by atoms with Crippen molar-refractivity contribution in [1.29, 1.82) is 0 Å². The normalized spacial score (nSPS) is 27.0. The van der Waals surface area contributed by atoms with E-state index in [2.05, 4.69) is 20.3 Å². The number of imidazole rings is 1. The molecule has 4 atom stereocenters. The Bertz CT molecular complexity index is 790. The zero-order valence-electron chi connectivity index (χ0n) is 14.0. The van der Waals surface area contributed by atoms with Crippen LogP contribution >= 0.6 is 0 Å². The molecule has 1 aliphatic heterocycles. The van der Waals surface area contributed by atoms with Gasteiger partial charge in [0, 0.05) is 5.41 Å². The van der Waals surface area contributed by atoms with Crippen molar-refractivity contribution in [3.05, 3.63) is 12.7 Å². The Balaban J connectivity index is 1.95. The molecule has 1 unspecified atom stereocenters. The molecule has 3 N–H and O–H groups in total. The van der Waals surface area contributed by atoms with Crippen LogP contribution in [0.15, 0.2) is 12.7 Å². The third-order valence-corrected chi connectivity index (χ3v) is 4.02. The molecule has 1 aliphatic rings. The number of hydrogen-bond acceptors (Lipinski definition) is 7. The third kappa shape index (κ3) is 3.08. The van der Waals surface area contributed by atoms with Crippen molar-refractivity contribution in [3.63, 3.8) is 0 Å². The molecule has 1 amide bonds. The number of aliphatic hydroxyl groups excluding tert-OH is 2. The highest BCUT2D eigenvalue weighted by atomic mass is 19.1. The van der Waals surface area contributed by atoms with Gasteiger partial charge in [-0.15, -0.1) is 0 Å². The smallest absolute Gasteiger partial charge is 0.230 e. The van der Waals surface area contributed by atoms with E-state index in [-0.39, 0.29) is 22.9 Å². The topological polar surface area (TPSA) is 122 Å². The molecule has 2 aromatic heterocycles. The van der Waals surface area contributed by atoms with Crippen LogP contribution in [0.1, 0.15) is 27.0 Å². The molecule has 25 heavy (non-hydrogen) atoms. The molecule has 0 aromatic carbocycles. The number of ether oxygens (including phenoxy) is 1. The first-order valence-electron chi connectivity index (χ1n) is 7.81. The van der Waals surface area contributed by atoms with Crippen molar-refractivity contribution in [3.8, 4) is 0 Å². The van der Waals surface area contributed by atoms with Crippen molar-refractivity contribution in [2.75, 3.05) is 11.9 Å². The van der Waals surface area contributed by atoms with E-state index >= 15 is 0 Å². The van der Waals surface area contributed by atoms with Gasteiger partial charge in [0.2, 0.25) is 5.91 Å². The molecule has 3 heterocycles. The van der Waals surface area contributed by atoms with Gasteiger partial charge in [-0.05, 0) is 0 Å². The number of nitrogens with zero attached hydrogens (tertiary/aromatic N) is 4. The summed E-state index contributed by atoms with van der Waals surface area (Å²) in [6.45, 7) is 4.77. The van der Waals surface area contributed by atoms with Gasteiger partial charge in [-0.1, -0.05) is 20.8 Å². The van der Waals surface area contributed by atoms with Crippen LogP contribution in [0.5, 0.6) is 0 Å². The second-order valence-corrected chi connectivity index (χ2v) is 6.93. The van der Waals surface area contributed by atoms with E-state index < -0.39 is 36.6 Å². The first kappa shape index (κ1) is 17.6. The van der Waals surface area contributed by atoms with Crippen LogP contribution in [0, 0.1) is 5.41 Å². The maximum atomic E-state index is 14.3. The Morgan fingerprint density at radius 3 is 2.72 bits per heavy atom. The highest BCUT2D eigenvalue weighted by molar-refractivity contribution is 5.99. The minimum absolute atomic E-state index is 0.205. The summed E-state index contributed by atoms with van der Waals surface area (Å²) in [6, 6.07) is 0. The quantitative estimate of drug-likeness (QED) is 0.730. The number of amides is 1. The van der Waals surface area contributed by atoms with Gasteiger partial charge < -0.3 is 20.3 Å². The van der Waals surface area contributed by atoms with Crippen LogP contribution in [0.25, 0.3) is 11.2 Å². The van der Waals surface area contributed by atoms with E-state index in [1.54, 1.807) is 20.8 Å². The monoisotopic (exact) mass is 353 g/mol. The zero-order valence-corrected chi connectivity index (χ0v) is 14.0.